The van der Waals surface area contributed by atoms with Crippen molar-refractivity contribution in [3.05, 3.63) is 58.6 Å². The molecular formula is C23H25ClN4O2S. The Morgan fingerprint density at radius 1 is 1.19 bits per heavy atom. The van der Waals surface area contributed by atoms with E-state index in [-0.39, 0.29) is 11.9 Å². The van der Waals surface area contributed by atoms with E-state index in [1.807, 2.05) is 48.2 Å². The van der Waals surface area contributed by atoms with Crippen LogP contribution in [-0.4, -0.2) is 41.5 Å². The van der Waals surface area contributed by atoms with Crippen molar-refractivity contribution in [1.29, 1.82) is 0 Å². The minimum atomic E-state index is -0.220. The predicted octanol–water partition coefficient (Wildman–Crippen LogP) is 5.19. The fourth-order valence-electron chi connectivity index (χ4n) is 3.86. The maximum atomic E-state index is 12.7. The highest BCUT2D eigenvalue weighted by Gasteiger charge is 2.23. The number of nitrogens with one attached hydrogen (secondary N) is 2. The lowest BCUT2D eigenvalue weighted by Gasteiger charge is -2.32. The van der Waals surface area contributed by atoms with Crippen molar-refractivity contribution >= 4 is 50.2 Å². The maximum absolute atomic E-state index is 12.7. The highest BCUT2D eigenvalue weighted by atomic mass is 35.5. The quantitative estimate of drug-likeness (QED) is 0.555. The summed E-state index contributed by atoms with van der Waals surface area (Å²) >= 11 is 7.96. The van der Waals surface area contributed by atoms with Crippen LogP contribution < -0.4 is 10.6 Å². The Labute approximate surface area is 190 Å². The summed E-state index contributed by atoms with van der Waals surface area (Å²) in [6.07, 6.45) is 2.75. The molecule has 31 heavy (non-hydrogen) atoms. The molecule has 6 nitrogen and oxygen atoms in total. The van der Waals surface area contributed by atoms with Crippen LogP contribution in [0.2, 0.25) is 5.02 Å². The Bertz CT molecular complexity index is 1060. The third-order valence-electron chi connectivity index (χ3n) is 5.57. The second-order valence-corrected chi connectivity index (χ2v) is 9.15. The third-order valence-corrected chi connectivity index (χ3v) is 6.87. The van der Waals surface area contributed by atoms with E-state index in [0.717, 1.165) is 48.1 Å². The number of hydrogen-bond acceptors (Lipinski definition) is 4. The molecule has 0 radical (unpaired) electrons. The van der Waals surface area contributed by atoms with Crippen LogP contribution in [0, 0.1) is 5.92 Å². The first-order valence-corrected chi connectivity index (χ1v) is 11.7. The smallest absolute Gasteiger partial charge is 0.317 e. The third kappa shape index (κ3) is 5.17. The number of anilines is 1. The molecule has 4 rings (SSSR count). The van der Waals surface area contributed by atoms with Crippen molar-refractivity contribution in [3.8, 4) is 0 Å². The zero-order chi connectivity index (χ0) is 21.8. The first-order chi connectivity index (χ1) is 15.0. The molecule has 0 aliphatic carbocycles. The topological polar surface area (TPSA) is 74.3 Å². The van der Waals surface area contributed by atoms with E-state index in [9.17, 15) is 9.59 Å². The van der Waals surface area contributed by atoms with Crippen LogP contribution in [0.3, 0.4) is 0 Å². The molecule has 162 valence electrons. The molecule has 1 aliphatic rings. The Morgan fingerprint density at radius 2 is 1.97 bits per heavy atom. The van der Waals surface area contributed by atoms with Crippen LogP contribution in [0.15, 0.2) is 42.5 Å². The molecule has 3 amide bonds. The average Bonchev–Trinajstić information content (AvgIpc) is 3.18. The Balaban J connectivity index is 1.35. The van der Waals surface area contributed by atoms with Gasteiger partial charge in [0.25, 0.3) is 5.91 Å². The second kappa shape index (κ2) is 9.66. The van der Waals surface area contributed by atoms with Crippen LogP contribution in [-0.2, 0) is 6.42 Å². The summed E-state index contributed by atoms with van der Waals surface area (Å²) in [4.78, 5) is 30.9. The molecule has 1 saturated heterocycles. The van der Waals surface area contributed by atoms with Gasteiger partial charge < -0.3 is 10.2 Å². The first kappa shape index (κ1) is 21.6. The van der Waals surface area contributed by atoms with Gasteiger partial charge in [0, 0.05) is 30.2 Å². The number of thiazole rings is 1. The number of fused-ring (bicyclic) bond motifs is 1. The lowest BCUT2D eigenvalue weighted by molar-refractivity contribution is 0.102. The van der Waals surface area contributed by atoms with Gasteiger partial charge in [-0.1, -0.05) is 41.1 Å². The monoisotopic (exact) mass is 456 g/mol. The molecular weight excluding hydrogens is 432 g/mol. The summed E-state index contributed by atoms with van der Waals surface area (Å²) in [5.41, 5.74) is 2.42. The molecule has 0 unspecified atom stereocenters. The minimum Gasteiger partial charge on any atom is -0.338 e. The van der Waals surface area contributed by atoms with Gasteiger partial charge in [-0.25, -0.2) is 9.78 Å². The van der Waals surface area contributed by atoms with Crippen molar-refractivity contribution < 1.29 is 9.59 Å². The molecule has 0 bridgehead atoms. The van der Waals surface area contributed by atoms with E-state index in [0.29, 0.717) is 28.2 Å². The number of para-hydroxylation sites is 1. The van der Waals surface area contributed by atoms with Gasteiger partial charge >= 0.3 is 6.03 Å². The highest BCUT2D eigenvalue weighted by Crippen LogP contribution is 2.28. The van der Waals surface area contributed by atoms with E-state index < -0.39 is 0 Å². The molecule has 2 aromatic carbocycles. The van der Waals surface area contributed by atoms with Crippen molar-refractivity contribution in [2.45, 2.75) is 26.2 Å². The summed E-state index contributed by atoms with van der Waals surface area (Å²) < 4.78 is 1.03. The summed E-state index contributed by atoms with van der Waals surface area (Å²) in [7, 11) is 0. The fraction of sp³-hybridized carbons (Fsp3) is 0.348. The Hall–Kier alpha value is -2.64. The van der Waals surface area contributed by atoms with Gasteiger partial charge in [-0.3, -0.25) is 10.1 Å². The molecule has 1 aromatic heterocycles. The summed E-state index contributed by atoms with van der Waals surface area (Å²) in [5.74, 6) is 0.258. The molecule has 1 fully saturated rings. The number of piperidine rings is 1. The maximum Gasteiger partial charge on any atom is 0.317 e. The average molecular weight is 457 g/mol. The van der Waals surface area contributed by atoms with Crippen molar-refractivity contribution in [1.82, 2.24) is 15.2 Å². The van der Waals surface area contributed by atoms with Crippen LogP contribution in [0.5, 0.6) is 0 Å². The Kier molecular flexibility index (Phi) is 6.73. The zero-order valence-corrected chi connectivity index (χ0v) is 18.9. The molecule has 3 aromatic rings. The summed E-state index contributed by atoms with van der Waals surface area (Å²) in [6.45, 7) is 4.09. The number of nitrogens with zero attached hydrogens (tertiary/aromatic N) is 2. The van der Waals surface area contributed by atoms with Crippen LogP contribution >= 0.6 is 22.9 Å². The first-order valence-electron chi connectivity index (χ1n) is 10.5. The number of urea groups is 1. The second-order valence-electron chi connectivity index (χ2n) is 7.72. The van der Waals surface area contributed by atoms with E-state index in [4.69, 9.17) is 11.6 Å². The van der Waals surface area contributed by atoms with Gasteiger partial charge in [0.05, 0.1) is 10.2 Å². The van der Waals surface area contributed by atoms with Crippen molar-refractivity contribution in [3.63, 3.8) is 0 Å². The number of amides is 3. The van der Waals surface area contributed by atoms with E-state index in [2.05, 4.69) is 15.6 Å². The number of likely N-dealkylation sites (tertiary alicyclic amines) is 1. The molecule has 8 heteroatoms. The predicted molar refractivity (Wildman–Crippen MR) is 126 cm³/mol. The number of halogens is 1. The number of carbonyl (C=O) groups excluding carboxylic acids is 2. The lowest BCUT2D eigenvalue weighted by atomic mass is 9.90. The van der Waals surface area contributed by atoms with Crippen molar-refractivity contribution in [2.24, 2.45) is 5.92 Å². The zero-order valence-electron chi connectivity index (χ0n) is 17.4. The molecule has 2 heterocycles. The van der Waals surface area contributed by atoms with E-state index in [1.54, 1.807) is 6.07 Å². The van der Waals surface area contributed by atoms with E-state index in [1.165, 1.54) is 11.3 Å². The largest absolute Gasteiger partial charge is 0.338 e. The number of carbonyl (C=O) groups is 2. The molecule has 0 spiro atoms. The number of aromatic nitrogens is 1. The number of hydrogen-bond donors (Lipinski definition) is 2. The van der Waals surface area contributed by atoms with Gasteiger partial charge in [-0.15, -0.1) is 0 Å². The van der Waals surface area contributed by atoms with Gasteiger partial charge in [-0.2, -0.15) is 0 Å². The standard InChI is InChI=1S/C23H25ClN4O2S/c1-2-25-23(30)28-11-9-15(10-12-28)13-16-7-8-17(14-18(16)24)21(29)27-22-26-19-5-3-4-6-20(19)31-22/h3-8,14-15H,2,9-13H2,1H3,(H,25,30)(H,26,27,29). The Morgan fingerprint density at radius 3 is 2.68 bits per heavy atom. The van der Waals surface area contributed by atoms with Gasteiger partial charge in [0.15, 0.2) is 5.13 Å². The number of rotatable bonds is 5. The van der Waals surface area contributed by atoms with E-state index >= 15 is 0 Å². The van der Waals surface area contributed by atoms with Gasteiger partial charge in [-0.05, 0) is 61.9 Å². The summed E-state index contributed by atoms with van der Waals surface area (Å²) in [6, 6.07) is 13.3. The van der Waals surface area contributed by atoms with Crippen LogP contribution in [0.1, 0.15) is 35.7 Å². The molecule has 0 atom stereocenters. The van der Waals surface area contributed by atoms with Gasteiger partial charge in [0.2, 0.25) is 0 Å². The van der Waals surface area contributed by atoms with Gasteiger partial charge in [0.1, 0.15) is 0 Å². The minimum absolute atomic E-state index is 0.0162. The molecule has 2 N–H and O–H groups in total. The normalized spacial score (nSPS) is 14.6. The fourth-order valence-corrected chi connectivity index (χ4v) is 4.98. The molecule has 1 aliphatic heterocycles. The summed E-state index contributed by atoms with van der Waals surface area (Å²) in [5, 5.41) is 6.90. The highest BCUT2D eigenvalue weighted by molar-refractivity contribution is 7.22. The number of benzene rings is 2. The SMILES string of the molecule is CCNC(=O)N1CCC(Cc2ccc(C(=O)Nc3nc4ccccc4s3)cc2Cl)CC1. The van der Waals surface area contributed by atoms with Crippen molar-refractivity contribution in [2.75, 3.05) is 25.0 Å². The van der Waals surface area contributed by atoms with Crippen LogP contribution in [0.4, 0.5) is 9.93 Å². The lowest BCUT2D eigenvalue weighted by Crippen LogP contribution is -2.44. The van der Waals surface area contributed by atoms with Crippen LogP contribution in [0.25, 0.3) is 10.2 Å². The molecule has 0 saturated carbocycles.